The van der Waals surface area contributed by atoms with Gasteiger partial charge in [0.25, 0.3) is 0 Å². The summed E-state index contributed by atoms with van der Waals surface area (Å²) in [7, 11) is 1.36. The molecule has 4 nitrogen and oxygen atoms in total. The van der Waals surface area contributed by atoms with Crippen molar-refractivity contribution in [3.63, 3.8) is 0 Å². The molecule has 122 valence electrons. The van der Waals surface area contributed by atoms with Crippen LogP contribution >= 0.6 is 11.3 Å². The number of hydrogen-bond acceptors (Lipinski definition) is 4. The Hall–Kier alpha value is -2.14. The number of thiophene rings is 1. The average Bonchev–Trinajstić information content (AvgIpc) is 2.89. The van der Waals surface area contributed by atoms with E-state index in [0.717, 1.165) is 17.5 Å². The fourth-order valence-corrected chi connectivity index (χ4v) is 3.33. The molecule has 0 aliphatic rings. The van der Waals surface area contributed by atoms with Gasteiger partial charge in [0.15, 0.2) is 0 Å². The van der Waals surface area contributed by atoms with Gasteiger partial charge in [-0.05, 0) is 28.8 Å². The van der Waals surface area contributed by atoms with E-state index in [1.807, 2.05) is 35.7 Å². The van der Waals surface area contributed by atoms with Crippen LogP contribution < -0.4 is 5.32 Å². The fourth-order valence-electron chi connectivity index (χ4n) is 2.35. The number of rotatable bonds is 6. The van der Waals surface area contributed by atoms with Gasteiger partial charge in [0.2, 0.25) is 5.91 Å². The van der Waals surface area contributed by atoms with Crippen molar-refractivity contribution in [3.05, 3.63) is 52.4 Å². The van der Waals surface area contributed by atoms with Crippen molar-refractivity contribution < 1.29 is 14.3 Å². The van der Waals surface area contributed by atoms with Crippen molar-refractivity contribution in [2.75, 3.05) is 12.4 Å². The first-order valence-electron chi connectivity index (χ1n) is 7.53. The van der Waals surface area contributed by atoms with Crippen LogP contribution in [0.3, 0.4) is 0 Å². The van der Waals surface area contributed by atoms with Crippen LogP contribution in [0.5, 0.6) is 0 Å². The minimum absolute atomic E-state index is 0.140. The maximum absolute atomic E-state index is 12.2. The molecule has 0 bridgehead atoms. The molecule has 0 saturated carbocycles. The van der Waals surface area contributed by atoms with Crippen LogP contribution in [0.1, 0.15) is 35.3 Å². The molecule has 1 aromatic heterocycles. The number of methoxy groups -OCH3 is 1. The Bertz CT molecular complexity index is 677. The fraction of sp³-hybridized carbons (Fsp3) is 0.333. The predicted molar refractivity (Wildman–Crippen MR) is 93.0 cm³/mol. The first kappa shape index (κ1) is 17.2. The molecule has 0 fully saturated rings. The smallest absolute Gasteiger partial charge is 0.341 e. The number of ether oxygens (including phenoxy) is 1. The molecule has 2 rings (SSSR count). The van der Waals surface area contributed by atoms with E-state index in [0.29, 0.717) is 16.5 Å². The van der Waals surface area contributed by atoms with E-state index in [9.17, 15) is 9.59 Å². The molecule has 0 aliphatic carbocycles. The highest BCUT2D eigenvalue weighted by Gasteiger charge is 2.21. The van der Waals surface area contributed by atoms with Gasteiger partial charge >= 0.3 is 5.97 Å². The summed E-state index contributed by atoms with van der Waals surface area (Å²) in [4.78, 5) is 24.3. The lowest BCUT2D eigenvalue weighted by Crippen LogP contribution is -2.16. The van der Waals surface area contributed by atoms with E-state index in [1.54, 1.807) is 0 Å². The Kier molecular flexibility index (Phi) is 5.93. The summed E-state index contributed by atoms with van der Waals surface area (Å²) in [5.74, 6) is -0.128. The Morgan fingerprint density at radius 3 is 2.52 bits per heavy atom. The standard InChI is InChI=1S/C18H21NO3S/c1-12(2)9-14-11-23-17(16(14)18(21)22-3)19-15(20)10-13-7-5-4-6-8-13/h4-8,11-12H,9-10H2,1-3H3,(H,19,20). The summed E-state index contributed by atoms with van der Waals surface area (Å²) >= 11 is 1.37. The zero-order valence-electron chi connectivity index (χ0n) is 13.6. The molecular weight excluding hydrogens is 310 g/mol. The van der Waals surface area contributed by atoms with Gasteiger partial charge in [0.05, 0.1) is 19.1 Å². The molecule has 23 heavy (non-hydrogen) atoms. The third kappa shape index (κ3) is 4.66. The molecule has 1 amide bonds. The van der Waals surface area contributed by atoms with Crippen LogP contribution in [0.25, 0.3) is 0 Å². The highest BCUT2D eigenvalue weighted by molar-refractivity contribution is 7.15. The lowest BCUT2D eigenvalue weighted by Gasteiger charge is -2.09. The van der Waals surface area contributed by atoms with Crippen molar-refractivity contribution in [2.24, 2.45) is 5.92 Å². The van der Waals surface area contributed by atoms with E-state index in [4.69, 9.17) is 4.74 Å². The second-order valence-electron chi connectivity index (χ2n) is 5.77. The largest absolute Gasteiger partial charge is 0.465 e. The number of carbonyl (C=O) groups excluding carboxylic acids is 2. The van der Waals surface area contributed by atoms with E-state index in [1.165, 1.54) is 18.4 Å². The van der Waals surface area contributed by atoms with Gasteiger partial charge < -0.3 is 10.1 Å². The number of esters is 1. The summed E-state index contributed by atoms with van der Waals surface area (Å²) in [6.07, 6.45) is 1.05. The van der Waals surface area contributed by atoms with Crippen molar-refractivity contribution in [2.45, 2.75) is 26.7 Å². The number of anilines is 1. The Balaban J connectivity index is 2.17. The van der Waals surface area contributed by atoms with Crippen molar-refractivity contribution in [1.29, 1.82) is 0 Å². The molecule has 5 heteroatoms. The van der Waals surface area contributed by atoms with Crippen LogP contribution in [0, 0.1) is 5.92 Å². The summed E-state index contributed by atoms with van der Waals surface area (Å²) in [5.41, 5.74) is 2.34. The number of hydrogen-bond donors (Lipinski definition) is 1. The monoisotopic (exact) mass is 331 g/mol. The van der Waals surface area contributed by atoms with Gasteiger partial charge in [-0.1, -0.05) is 44.2 Å². The second-order valence-corrected chi connectivity index (χ2v) is 6.64. The van der Waals surface area contributed by atoms with Gasteiger partial charge in [-0.25, -0.2) is 4.79 Å². The normalized spacial score (nSPS) is 10.6. The van der Waals surface area contributed by atoms with E-state index >= 15 is 0 Å². The SMILES string of the molecule is COC(=O)c1c(CC(C)C)csc1NC(=O)Cc1ccccc1. The van der Waals surface area contributed by atoms with Crippen LogP contribution in [0.4, 0.5) is 5.00 Å². The van der Waals surface area contributed by atoms with Crippen molar-refractivity contribution in [3.8, 4) is 0 Å². The summed E-state index contributed by atoms with van der Waals surface area (Å²) in [5, 5.41) is 5.33. The van der Waals surface area contributed by atoms with E-state index in [-0.39, 0.29) is 12.3 Å². The average molecular weight is 331 g/mol. The predicted octanol–water partition coefficient (Wildman–Crippen LogP) is 3.91. The van der Waals surface area contributed by atoms with Gasteiger partial charge in [0, 0.05) is 0 Å². The molecule has 0 atom stereocenters. The molecular formula is C18H21NO3S. The molecule has 0 spiro atoms. The van der Waals surface area contributed by atoms with E-state index < -0.39 is 5.97 Å². The zero-order chi connectivity index (χ0) is 16.8. The Labute approximate surface area is 140 Å². The lowest BCUT2D eigenvalue weighted by molar-refractivity contribution is -0.115. The molecule has 1 aromatic carbocycles. The maximum Gasteiger partial charge on any atom is 0.341 e. The van der Waals surface area contributed by atoms with E-state index in [2.05, 4.69) is 19.2 Å². The molecule has 2 aromatic rings. The van der Waals surface area contributed by atoms with Crippen LogP contribution in [0.2, 0.25) is 0 Å². The van der Waals surface area contributed by atoms with Crippen LogP contribution in [-0.4, -0.2) is 19.0 Å². The summed E-state index contributed by atoms with van der Waals surface area (Å²) in [6, 6.07) is 9.51. The Morgan fingerprint density at radius 1 is 1.22 bits per heavy atom. The van der Waals surface area contributed by atoms with Gasteiger partial charge in [-0.15, -0.1) is 11.3 Å². The lowest BCUT2D eigenvalue weighted by atomic mass is 10.0. The quantitative estimate of drug-likeness (QED) is 0.816. The molecule has 1 heterocycles. The number of amides is 1. The van der Waals surface area contributed by atoms with Gasteiger partial charge in [-0.3, -0.25) is 4.79 Å². The highest BCUT2D eigenvalue weighted by Crippen LogP contribution is 2.30. The van der Waals surface area contributed by atoms with Gasteiger partial charge in [-0.2, -0.15) is 0 Å². The van der Waals surface area contributed by atoms with Crippen LogP contribution in [-0.2, 0) is 22.4 Å². The van der Waals surface area contributed by atoms with Gasteiger partial charge in [0.1, 0.15) is 5.00 Å². The Morgan fingerprint density at radius 2 is 1.91 bits per heavy atom. The van der Waals surface area contributed by atoms with Crippen molar-refractivity contribution >= 4 is 28.2 Å². The first-order chi connectivity index (χ1) is 11.0. The third-order valence-electron chi connectivity index (χ3n) is 3.35. The number of nitrogens with one attached hydrogen (secondary N) is 1. The number of carbonyl (C=O) groups is 2. The van der Waals surface area contributed by atoms with Crippen LogP contribution in [0.15, 0.2) is 35.7 Å². The van der Waals surface area contributed by atoms with Crippen molar-refractivity contribution in [1.82, 2.24) is 0 Å². The topological polar surface area (TPSA) is 55.4 Å². The molecule has 0 unspecified atom stereocenters. The zero-order valence-corrected chi connectivity index (χ0v) is 14.4. The molecule has 0 saturated heterocycles. The summed E-state index contributed by atoms with van der Waals surface area (Å²) in [6.45, 7) is 4.18. The highest BCUT2D eigenvalue weighted by atomic mass is 32.1. The summed E-state index contributed by atoms with van der Waals surface area (Å²) < 4.78 is 4.87. The molecule has 0 aliphatic heterocycles. The molecule has 0 radical (unpaired) electrons. The third-order valence-corrected chi connectivity index (χ3v) is 4.29. The minimum atomic E-state index is -0.406. The minimum Gasteiger partial charge on any atom is -0.465 e. The molecule has 1 N–H and O–H groups in total. The first-order valence-corrected chi connectivity index (χ1v) is 8.41. The maximum atomic E-state index is 12.2. The second kappa shape index (κ2) is 7.92. The number of benzene rings is 1.